The van der Waals surface area contributed by atoms with Gasteiger partial charge in [-0.15, -0.1) is 0 Å². The Morgan fingerprint density at radius 3 is 2.78 bits per heavy atom. The van der Waals surface area contributed by atoms with E-state index in [1.807, 2.05) is 31.2 Å². The number of nitrogens with zero attached hydrogens (tertiary/aromatic N) is 2. The van der Waals surface area contributed by atoms with E-state index in [9.17, 15) is 4.79 Å². The summed E-state index contributed by atoms with van der Waals surface area (Å²) in [6, 6.07) is 13.7. The first-order valence-corrected chi connectivity index (χ1v) is 9.02. The quantitative estimate of drug-likeness (QED) is 0.557. The lowest BCUT2D eigenvalue weighted by molar-refractivity contribution is -0.137. The number of amides is 1. The van der Waals surface area contributed by atoms with Gasteiger partial charge in [-0.3, -0.25) is 4.79 Å². The molecule has 1 aliphatic rings. The number of rotatable bonds is 7. The molecule has 0 radical (unpaired) electrons. The smallest absolute Gasteiger partial charge is 0.263 e. The van der Waals surface area contributed by atoms with Gasteiger partial charge in [-0.25, -0.2) is 0 Å². The molecule has 0 atom stereocenters. The summed E-state index contributed by atoms with van der Waals surface area (Å²) in [6.07, 6.45) is 2.42. The molecule has 0 aromatic heterocycles. The summed E-state index contributed by atoms with van der Waals surface area (Å²) < 4.78 is 10.8. The average Bonchev–Trinajstić information content (AvgIpc) is 2.71. The number of hydrogen-bond acceptors (Lipinski definition) is 5. The fraction of sp³-hybridized carbons (Fsp3) is 0.333. The van der Waals surface area contributed by atoms with Crippen LogP contribution in [0.3, 0.4) is 0 Å². The van der Waals surface area contributed by atoms with Crippen LogP contribution in [0.25, 0.3) is 0 Å². The molecular formula is C21H24N2O4. The first-order chi connectivity index (χ1) is 13.2. The minimum atomic E-state index is -0.0766. The van der Waals surface area contributed by atoms with Gasteiger partial charge in [-0.2, -0.15) is 0 Å². The Bertz CT molecular complexity index is 820. The van der Waals surface area contributed by atoms with Gasteiger partial charge in [0.05, 0.1) is 19.9 Å². The van der Waals surface area contributed by atoms with Crippen molar-refractivity contribution < 1.29 is 19.1 Å². The standard InChI is InChI=1S/C21H24N2O4/c1-3-26-19-9-8-16(12-20(19)25-2)13-22-27-15-21(24)23-11-10-17-6-4-5-7-18(17)14-23/h4-9,12-13H,3,10-11,14-15H2,1-2H3/b22-13-. The van der Waals surface area contributed by atoms with Crippen LogP contribution in [0, 0.1) is 0 Å². The van der Waals surface area contributed by atoms with E-state index in [1.54, 1.807) is 24.3 Å². The van der Waals surface area contributed by atoms with Crippen molar-refractivity contribution in [2.75, 3.05) is 26.9 Å². The highest BCUT2D eigenvalue weighted by molar-refractivity contribution is 5.81. The molecule has 0 saturated heterocycles. The zero-order valence-corrected chi connectivity index (χ0v) is 15.7. The second-order valence-electron chi connectivity index (χ2n) is 6.19. The van der Waals surface area contributed by atoms with Gasteiger partial charge in [-0.1, -0.05) is 29.4 Å². The molecule has 142 valence electrons. The van der Waals surface area contributed by atoms with Gasteiger partial charge >= 0.3 is 0 Å². The summed E-state index contributed by atoms with van der Waals surface area (Å²) in [4.78, 5) is 19.3. The number of benzene rings is 2. The molecule has 6 nitrogen and oxygen atoms in total. The van der Waals surface area contributed by atoms with Gasteiger partial charge in [0.2, 0.25) is 0 Å². The summed E-state index contributed by atoms with van der Waals surface area (Å²) in [5.41, 5.74) is 3.31. The summed E-state index contributed by atoms with van der Waals surface area (Å²) in [5, 5.41) is 3.90. The van der Waals surface area contributed by atoms with Crippen molar-refractivity contribution in [2.24, 2.45) is 5.16 Å². The highest BCUT2D eigenvalue weighted by Crippen LogP contribution is 2.27. The van der Waals surface area contributed by atoms with Crippen LogP contribution in [-0.2, 0) is 22.6 Å². The molecule has 0 bridgehead atoms. The maximum absolute atomic E-state index is 12.3. The third kappa shape index (κ3) is 4.78. The Morgan fingerprint density at radius 1 is 1.19 bits per heavy atom. The first-order valence-electron chi connectivity index (χ1n) is 9.02. The predicted octanol–water partition coefficient (Wildman–Crippen LogP) is 3.03. The number of oxime groups is 1. The highest BCUT2D eigenvalue weighted by atomic mass is 16.6. The molecule has 0 saturated carbocycles. The molecule has 6 heteroatoms. The Kier molecular flexibility index (Phi) is 6.30. The second-order valence-corrected chi connectivity index (χ2v) is 6.19. The van der Waals surface area contributed by atoms with E-state index >= 15 is 0 Å². The third-order valence-electron chi connectivity index (χ3n) is 4.44. The van der Waals surface area contributed by atoms with E-state index in [4.69, 9.17) is 14.3 Å². The highest BCUT2D eigenvalue weighted by Gasteiger charge is 2.20. The zero-order valence-electron chi connectivity index (χ0n) is 15.7. The SMILES string of the molecule is CCOc1ccc(/C=N\OCC(=O)N2CCc3ccccc3C2)cc1OC. The van der Waals surface area contributed by atoms with Crippen molar-refractivity contribution in [3.63, 3.8) is 0 Å². The number of ether oxygens (including phenoxy) is 2. The first kappa shape index (κ1) is 18.8. The molecule has 0 aliphatic carbocycles. The fourth-order valence-electron chi connectivity index (χ4n) is 3.03. The number of hydrogen-bond donors (Lipinski definition) is 0. The molecule has 27 heavy (non-hydrogen) atoms. The van der Waals surface area contributed by atoms with Gasteiger partial charge < -0.3 is 19.2 Å². The van der Waals surface area contributed by atoms with Crippen LogP contribution in [0.2, 0.25) is 0 Å². The molecule has 0 N–H and O–H groups in total. The fourth-order valence-corrected chi connectivity index (χ4v) is 3.03. The van der Waals surface area contributed by atoms with E-state index in [0.717, 1.165) is 12.0 Å². The molecule has 3 rings (SSSR count). The number of fused-ring (bicyclic) bond motifs is 1. The van der Waals surface area contributed by atoms with Gasteiger partial charge in [0.15, 0.2) is 18.1 Å². The number of carbonyl (C=O) groups excluding carboxylic acids is 1. The second kappa shape index (κ2) is 9.07. The predicted molar refractivity (Wildman–Crippen MR) is 103 cm³/mol. The molecule has 0 fully saturated rings. The molecule has 1 amide bonds. The van der Waals surface area contributed by atoms with E-state index in [-0.39, 0.29) is 12.5 Å². The maximum atomic E-state index is 12.3. The monoisotopic (exact) mass is 368 g/mol. The largest absolute Gasteiger partial charge is 0.493 e. The maximum Gasteiger partial charge on any atom is 0.263 e. The molecular weight excluding hydrogens is 344 g/mol. The lowest BCUT2D eigenvalue weighted by Gasteiger charge is -2.28. The lowest BCUT2D eigenvalue weighted by atomic mass is 10.00. The van der Waals surface area contributed by atoms with E-state index < -0.39 is 0 Å². The summed E-state index contributed by atoms with van der Waals surface area (Å²) in [5.74, 6) is 1.24. The Morgan fingerprint density at radius 2 is 2.00 bits per heavy atom. The van der Waals surface area contributed by atoms with Crippen molar-refractivity contribution in [1.82, 2.24) is 4.90 Å². The van der Waals surface area contributed by atoms with Crippen molar-refractivity contribution >= 4 is 12.1 Å². The Labute approximate surface area is 159 Å². The van der Waals surface area contributed by atoms with Crippen LogP contribution in [0.1, 0.15) is 23.6 Å². The van der Waals surface area contributed by atoms with Gasteiger partial charge in [0.1, 0.15) is 0 Å². The van der Waals surface area contributed by atoms with Crippen molar-refractivity contribution in [3.8, 4) is 11.5 Å². The van der Waals surface area contributed by atoms with Crippen molar-refractivity contribution in [1.29, 1.82) is 0 Å². The van der Waals surface area contributed by atoms with Crippen LogP contribution in [0.15, 0.2) is 47.6 Å². The van der Waals surface area contributed by atoms with E-state index in [0.29, 0.717) is 31.2 Å². The third-order valence-corrected chi connectivity index (χ3v) is 4.44. The van der Waals surface area contributed by atoms with Crippen LogP contribution in [0.5, 0.6) is 11.5 Å². The average molecular weight is 368 g/mol. The number of methoxy groups -OCH3 is 1. The van der Waals surface area contributed by atoms with Crippen LogP contribution in [-0.4, -0.2) is 43.9 Å². The van der Waals surface area contributed by atoms with Crippen LogP contribution in [0.4, 0.5) is 0 Å². The molecule has 0 spiro atoms. The molecule has 2 aromatic rings. The van der Waals surface area contributed by atoms with Gasteiger partial charge in [0.25, 0.3) is 5.91 Å². The molecule has 0 unspecified atom stereocenters. The Balaban J connectivity index is 1.51. The Hall–Kier alpha value is -3.02. The minimum absolute atomic E-state index is 0.0640. The van der Waals surface area contributed by atoms with Crippen LogP contribution < -0.4 is 9.47 Å². The molecule has 1 aliphatic heterocycles. The molecule has 2 aromatic carbocycles. The van der Waals surface area contributed by atoms with Gasteiger partial charge in [-0.05, 0) is 42.7 Å². The summed E-state index contributed by atoms with van der Waals surface area (Å²) in [6.45, 7) is 3.74. The minimum Gasteiger partial charge on any atom is -0.493 e. The summed E-state index contributed by atoms with van der Waals surface area (Å²) in [7, 11) is 1.59. The van der Waals surface area contributed by atoms with E-state index in [2.05, 4.69) is 17.3 Å². The normalized spacial score (nSPS) is 13.3. The van der Waals surface area contributed by atoms with Crippen LogP contribution >= 0.6 is 0 Å². The van der Waals surface area contributed by atoms with Gasteiger partial charge in [0, 0.05) is 18.7 Å². The number of carbonyl (C=O) groups is 1. The lowest BCUT2D eigenvalue weighted by Crippen LogP contribution is -2.37. The topological polar surface area (TPSA) is 60.4 Å². The van der Waals surface area contributed by atoms with Crippen molar-refractivity contribution in [2.45, 2.75) is 19.9 Å². The van der Waals surface area contributed by atoms with E-state index in [1.165, 1.54) is 11.1 Å². The molecule has 1 heterocycles. The summed E-state index contributed by atoms with van der Waals surface area (Å²) >= 11 is 0. The van der Waals surface area contributed by atoms with Crippen molar-refractivity contribution in [3.05, 3.63) is 59.2 Å². The zero-order chi connectivity index (χ0) is 19.1.